The Hall–Kier alpha value is -0.920. The third kappa shape index (κ3) is 5.29. The van der Waals surface area contributed by atoms with Crippen molar-refractivity contribution in [2.24, 2.45) is 0 Å². The number of thiophene rings is 1. The van der Waals surface area contributed by atoms with Crippen LogP contribution in [0.3, 0.4) is 0 Å². The van der Waals surface area contributed by atoms with Crippen molar-refractivity contribution in [2.75, 3.05) is 19.6 Å². The Morgan fingerprint density at radius 1 is 1.22 bits per heavy atom. The van der Waals surface area contributed by atoms with E-state index >= 15 is 0 Å². The first-order chi connectivity index (χ1) is 11.0. The van der Waals surface area contributed by atoms with E-state index in [0.29, 0.717) is 23.8 Å². The van der Waals surface area contributed by atoms with Crippen LogP contribution in [0.4, 0.5) is 0 Å². The lowest BCUT2D eigenvalue weighted by molar-refractivity contribution is -0.120. The highest BCUT2D eigenvalue weighted by Crippen LogP contribution is 2.27. The van der Waals surface area contributed by atoms with Gasteiger partial charge in [0.05, 0.1) is 6.42 Å². The second-order valence-corrected chi connectivity index (χ2v) is 9.25. The first-order valence-electron chi connectivity index (χ1n) is 8.39. The number of carbonyl (C=O) groups is 1. The van der Waals surface area contributed by atoms with Crippen LogP contribution < -0.4 is 5.32 Å². The maximum atomic E-state index is 12.4. The molecule has 1 saturated heterocycles. The summed E-state index contributed by atoms with van der Waals surface area (Å²) >= 11 is 1.21. The summed E-state index contributed by atoms with van der Waals surface area (Å²) in [7, 11) is -3.36. The molecule has 0 bridgehead atoms. The minimum Gasteiger partial charge on any atom is -0.356 e. The van der Waals surface area contributed by atoms with Crippen LogP contribution in [0.5, 0.6) is 0 Å². The highest BCUT2D eigenvalue weighted by Gasteiger charge is 2.28. The predicted molar refractivity (Wildman–Crippen MR) is 93.2 cm³/mol. The van der Waals surface area contributed by atoms with E-state index in [9.17, 15) is 13.2 Å². The van der Waals surface area contributed by atoms with Crippen molar-refractivity contribution in [3.63, 3.8) is 0 Å². The standard InChI is InChI=1S/C16H26N2O3S2/c1-2-3-4-5-10-17-15(19)13-14-8-9-16(22-14)23(20,21)18-11-6-7-12-18/h8-9H,2-7,10-13H2,1H3,(H,17,19). The number of rotatable bonds is 9. The van der Waals surface area contributed by atoms with Crippen LogP contribution >= 0.6 is 11.3 Å². The topological polar surface area (TPSA) is 66.5 Å². The van der Waals surface area contributed by atoms with Crippen LogP contribution in [0.25, 0.3) is 0 Å². The second kappa shape index (κ2) is 8.80. The smallest absolute Gasteiger partial charge is 0.252 e. The Kier molecular flexibility index (Phi) is 7.05. The van der Waals surface area contributed by atoms with Crippen LogP contribution in [-0.4, -0.2) is 38.3 Å². The SMILES string of the molecule is CCCCCCNC(=O)Cc1ccc(S(=O)(=O)N2CCCC2)s1. The lowest BCUT2D eigenvalue weighted by Gasteiger charge is -2.13. The van der Waals surface area contributed by atoms with Gasteiger partial charge in [-0.15, -0.1) is 11.3 Å². The quantitative estimate of drug-likeness (QED) is 0.690. The van der Waals surface area contributed by atoms with Crippen molar-refractivity contribution >= 4 is 27.3 Å². The molecular formula is C16H26N2O3S2. The first kappa shape index (κ1) is 18.4. The van der Waals surface area contributed by atoms with E-state index in [1.54, 1.807) is 12.1 Å². The van der Waals surface area contributed by atoms with Gasteiger partial charge >= 0.3 is 0 Å². The molecule has 0 unspecified atom stereocenters. The molecular weight excluding hydrogens is 332 g/mol. The molecule has 1 aromatic heterocycles. The second-order valence-electron chi connectivity index (χ2n) is 5.92. The molecule has 0 aliphatic carbocycles. The summed E-state index contributed by atoms with van der Waals surface area (Å²) in [5, 5.41) is 2.90. The first-order valence-corrected chi connectivity index (χ1v) is 10.6. The van der Waals surface area contributed by atoms with E-state index in [1.165, 1.54) is 28.5 Å². The van der Waals surface area contributed by atoms with E-state index in [0.717, 1.165) is 30.6 Å². The van der Waals surface area contributed by atoms with Gasteiger partial charge < -0.3 is 5.32 Å². The van der Waals surface area contributed by atoms with Crippen molar-refractivity contribution in [1.29, 1.82) is 0 Å². The number of hydrogen-bond acceptors (Lipinski definition) is 4. The molecule has 1 aliphatic heterocycles. The molecule has 23 heavy (non-hydrogen) atoms. The third-order valence-corrected chi connectivity index (χ3v) is 7.43. The van der Waals surface area contributed by atoms with Crippen LogP contribution in [-0.2, 0) is 21.2 Å². The number of nitrogens with one attached hydrogen (secondary N) is 1. The zero-order valence-corrected chi connectivity index (χ0v) is 15.3. The van der Waals surface area contributed by atoms with E-state index in [1.807, 2.05) is 0 Å². The van der Waals surface area contributed by atoms with E-state index in [4.69, 9.17) is 0 Å². The molecule has 0 atom stereocenters. The zero-order valence-electron chi connectivity index (χ0n) is 13.7. The van der Waals surface area contributed by atoms with Gasteiger partial charge in [0.15, 0.2) is 0 Å². The van der Waals surface area contributed by atoms with Gasteiger partial charge in [0, 0.05) is 24.5 Å². The molecule has 130 valence electrons. The monoisotopic (exact) mass is 358 g/mol. The Morgan fingerprint density at radius 2 is 1.96 bits per heavy atom. The molecule has 0 radical (unpaired) electrons. The molecule has 1 N–H and O–H groups in total. The largest absolute Gasteiger partial charge is 0.356 e. The summed E-state index contributed by atoms with van der Waals surface area (Å²) in [5.41, 5.74) is 0. The number of carbonyl (C=O) groups excluding carboxylic acids is 1. The van der Waals surface area contributed by atoms with Crippen molar-refractivity contribution in [2.45, 2.75) is 56.1 Å². The summed E-state index contributed by atoms with van der Waals surface area (Å²) in [6.07, 6.45) is 6.62. The van der Waals surface area contributed by atoms with Crippen molar-refractivity contribution in [3.05, 3.63) is 17.0 Å². The van der Waals surface area contributed by atoms with E-state index in [2.05, 4.69) is 12.2 Å². The molecule has 0 saturated carbocycles. The van der Waals surface area contributed by atoms with E-state index in [-0.39, 0.29) is 12.3 Å². The Morgan fingerprint density at radius 3 is 2.65 bits per heavy atom. The van der Waals surface area contributed by atoms with Crippen LogP contribution in [0.1, 0.15) is 50.3 Å². The van der Waals surface area contributed by atoms with Gasteiger partial charge in [-0.25, -0.2) is 8.42 Å². The van der Waals surface area contributed by atoms with Gasteiger partial charge in [-0.2, -0.15) is 4.31 Å². The Balaban J connectivity index is 1.83. The minimum atomic E-state index is -3.36. The molecule has 0 aromatic carbocycles. The summed E-state index contributed by atoms with van der Waals surface area (Å²) in [5.74, 6) is -0.0338. The minimum absolute atomic E-state index is 0.0338. The number of nitrogens with zero attached hydrogens (tertiary/aromatic N) is 1. The summed E-state index contributed by atoms with van der Waals surface area (Å²) in [6, 6.07) is 3.38. The highest BCUT2D eigenvalue weighted by atomic mass is 32.2. The van der Waals surface area contributed by atoms with Crippen LogP contribution in [0.2, 0.25) is 0 Å². The summed E-state index contributed by atoms with van der Waals surface area (Å²) in [4.78, 5) is 12.7. The molecule has 0 spiro atoms. The molecule has 5 nitrogen and oxygen atoms in total. The van der Waals surface area contributed by atoms with Gasteiger partial charge in [0.1, 0.15) is 4.21 Å². The maximum Gasteiger partial charge on any atom is 0.252 e. The third-order valence-electron chi connectivity index (χ3n) is 3.98. The zero-order chi connectivity index (χ0) is 16.7. The van der Waals surface area contributed by atoms with Crippen LogP contribution in [0, 0.1) is 0 Å². The van der Waals surface area contributed by atoms with Gasteiger partial charge in [-0.1, -0.05) is 26.2 Å². The molecule has 1 aliphatic rings. The highest BCUT2D eigenvalue weighted by molar-refractivity contribution is 7.91. The predicted octanol–water partition coefficient (Wildman–Crippen LogP) is 2.77. The molecule has 1 aromatic rings. The fourth-order valence-corrected chi connectivity index (χ4v) is 5.67. The fraction of sp³-hybridized carbons (Fsp3) is 0.688. The lowest BCUT2D eigenvalue weighted by atomic mass is 10.2. The average molecular weight is 359 g/mol. The average Bonchev–Trinajstić information content (AvgIpc) is 3.19. The number of unbranched alkanes of at least 4 members (excludes halogenated alkanes) is 3. The lowest BCUT2D eigenvalue weighted by Crippen LogP contribution is -2.27. The molecule has 7 heteroatoms. The Labute approximate surface area is 143 Å². The summed E-state index contributed by atoms with van der Waals surface area (Å²) < 4.78 is 26.8. The van der Waals surface area contributed by atoms with Gasteiger partial charge in [-0.3, -0.25) is 4.79 Å². The van der Waals surface area contributed by atoms with Crippen molar-refractivity contribution < 1.29 is 13.2 Å². The molecule has 1 fully saturated rings. The van der Waals surface area contributed by atoms with Gasteiger partial charge in [0.25, 0.3) is 10.0 Å². The fourth-order valence-electron chi connectivity index (χ4n) is 2.65. The van der Waals surface area contributed by atoms with Crippen molar-refractivity contribution in [1.82, 2.24) is 9.62 Å². The molecule has 2 rings (SSSR count). The number of hydrogen-bond donors (Lipinski definition) is 1. The number of sulfonamides is 1. The summed E-state index contributed by atoms with van der Waals surface area (Å²) in [6.45, 7) is 4.06. The van der Waals surface area contributed by atoms with Crippen molar-refractivity contribution in [3.8, 4) is 0 Å². The van der Waals surface area contributed by atoms with Gasteiger partial charge in [0.2, 0.25) is 5.91 Å². The normalized spacial score (nSPS) is 15.9. The van der Waals surface area contributed by atoms with E-state index < -0.39 is 10.0 Å². The molecule has 2 heterocycles. The molecule has 1 amide bonds. The van der Waals surface area contributed by atoms with Gasteiger partial charge in [-0.05, 0) is 31.4 Å². The number of amides is 1. The Bertz CT molecular complexity index is 605. The maximum absolute atomic E-state index is 12.4. The van der Waals surface area contributed by atoms with Crippen LogP contribution in [0.15, 0.2) is 16.3 Å².